The summed E-state index contributed by atoms with van der Waals surface area (Å²) in [5, 5.41) is 11.5. The van der Waals surface area contributed by atoms with Gasteiger partial charge in [-0.25, -0.2) is 9.59 Å². The Morgan fingerprint density at radius 3 is 2.50 bits per heavy atom. The molecule has 5 heteroatoms. The molecule has 0 aliphatic carbocycles. The van der Waals surface area contributed by atoms with Gasteiger partial charge in [-0.3, -0.25) is 0 Å². The molecule has 0 spiro atoms. The van der Waals surface area contributed by atoms with Crippen molar-refractivity contribution in [3.63, 3.8) is 0 Å². The number of alkyl carbamates (subject to hydrolysis) is 1. The zero-order valence-electron chi connectivity index (χ0n) is 11.6. The molecule has 0 unspecified atom stereocenters. The number of carbonyl (C=O) groups excluding carboxylic acids is 1. The van der Waals surface area contributed by atoms with E-state index in [1.165, 1.54) is 6.08 Å². The third-order valence-electron chi connectivity index (χ3n) is 2.99. The number of carbonyl (C=O) groups is 2. The Bertz CT molecular complexity index is 482. The molecule has 0 aromatic heterocycles. The van der Waals surface area contributed by atoms with Crippen molar-refractivity contribution in [1.29, 1.82) is 0 Å². The summed E-state index contributed by atoms with van der Waals surface area (Å²) in [4.78, 5) is 22.9. The SMILES string of the molecule is C=CC(C)(C)[C@@H](NC(=O)OCc1ccccc1)C(=O)O. The van der Waals surface area contributed by atoms with Crippen molar-refractivity contribution in [2.24, 2.45) is 5.41 Å². The molecule has 1 aromatic rings. The molecule has 1 aromatic carbocycles. The second-order valence-corrected chi connectivity index (χ2v) is 5.00. The number of benzene rings is 1. The quantitative estimate of drug-likeness (QED) is 0.784. The molecular weight excluding hydrogens is 258 g/mol. The summed E-state index contributed by atoms with van der Waals surface area (Å²) < 4.78 is 5.00. The molecular formula is C15H19NO4. The van der Waals surface area contributed by atoms with Crippen LogP contribution in [0, 0.1) is 5.41 Å². The first-order valence-corrected chi connectivity index (χ1v) is 6.20. The summed E-state index contributed by atoms with van der Waals surface area (Å²) >= 11 is 0. The van der Waals surface area contributed by atoms with Gasteiger partial charge >= 0.3 is 12.1 Å². The molecule has 5 nitrogen and oxygen atoms in total. The molecule has 0 heterocycles. The van der Waals surface area contributed by atoms with Gasteiger partial charge in [0.25, 0.3) is 0 Å². The molecule has 0 bridgehead atoms. The lowest BCUT2D eigenvalue weighted by Crippen LogP contribution is -2.49. The summed E-state index contributed by atoms with van der Waals surface area (Å²) in [6.45, 7) is 7.03. The van der Waals surface area contributed by atoms with Gasteiger partial charge in [0.15, 0.2) is 0 Å². The van der Waals surface area contributed by atoms with Crippen molar-refractivity contribution < 1.29 is 19.4 Å². The Hall–Kier alpha value is -2.30. The number of hydrogen-bond acceptors (Lipinski definition) is 3. The molecule has 1 amide bonds. The maximum Gasteiger partial charge on any atom is 0.408 e. The van der Waals surface area contributed by atoms with E-state index >= 15 is 0 Å². The lowest BCUT2D eigenvalue weighted by atomic mass is 9.84. The van der Waals surface area contributed by atoms with E-state index in [1.807, 2.05) is 30.3 Å². The number of rotatable bonds is 6. The highest BCUT2D eigenvalue weighted by atomic mass is 16.5. The number of carboxylic acid groups (broad SMARTS) is 1. The predicted molar refractivity (Wildman–Crippen MR) is 75.2 cm³/mol. The summed E-state index contributed by atoms with van der Waals surface area (Å²) in [5.74, 6) is -1.13. The fourth-order valence-corrected chi connectivity index (χ4v) is 1.57. The topological polar surface area (TPSA) is 75.6 Å². The number of hydrogen-bond donors (Lipinski definition) is 2. The Morgan fingerprint density at radius 2 is 2.00 bits per heavy atom. The van der Waals surface area contributed by atoms with Gasteiger partial charge in [0.1, 0.15) is 12.6 Å². The molecule has 0 aliphatic heterocycles. The van der Waals surface area contributed by atoms with Gasteiger partial charge in [-0.1, -0.05) is 50.3 Å². The van der Waals surface area contributed by atoms with Crippen molar-refractivity contribution in [2.45, 2.75) is 26.5 Å². The average molecular weight is 277 g/mol. The van der Waals surface area contributed by atoms with Crippen LogP contribution in [0.4, 0.5) is 4.79 Å². The monoisotopic (exact) mass is 277 g/mol. The fraction of sp³-hybridized carbons (Fsp3) is 0.333. The number of ether oxygens (including phenoxy) is 1. The summed E-state index contributed by atoms with van der Waals surface area (Å²) in [7, 11) is 0. The van der Waals surface area contributed by atoms with Gasteiger partial charge in [0.05, 0.1) is 0 Å². The lowest BCUT2D eigenvalue weighted by molar-refractivity contribution is -0.141. The van der Waals surface area contributed by atoms with E-state index in [9.17, 15) is 9.59 Å². The Morgan fingerprint density at radius 1 is 1.40 bits per heavy atom. The molecule has 108 valence electrons. The first-order valence-electron chi connectivity index (χ1n) is 6.20. The smallest absolute Gasteiger partial charge is 0.408 e. The first kappa shape index (κ1) is 15.8. The van der Waals surface area contributed by atoms with Crippen molar-refractivity contribution in [3.05, 3.63) is 48.6 Å². The molecule has 2 N–H and O–H groups in total. The van der Waals surface area contributed by atoms with Gasteiger partial charge in [0, 0.05) is 5.41 Å². The minimum atomic E-state index is -1.13. The van der Waals surface area contributed by atoms with Crippen LogP contribution >= 0.6 is 0 Å². The Kier molecular flexibility index (Phi) is 5.32. The minimum absolute atomic E-state index is 0.0908. The highest BCUT2D eigenvalue weighted by molar-refractivity contribution is 5.81. The van der Waals surface area contributed by atoms with Crippen LogP contribution in [0.5, 0.6) is 0 Å². The summed E-state index contributed by atoms with van der Waals surface area (Å²) in [6.07, 6.45) is 0.722. The standard InChI is InChI=1S/C15H19NO4/c1-4-15(2,3)12(13(17)18)16-14(19)20-10-11-8-6-5-7-9-11/h4-9,12H,1,10H2,2-3H3,(H,16,19)(H,17,18)/t12-/m0/s1. The second-order valence-electron chi connectivity index (χ2n) is 5.00. The summed E-state index contributed by atoms with van der Waals surface area (Å²) in [6, 6.07) is 8.06. The zero-order valence-corrected chi connectivity index (χ0v) is 11.6. The average Bonchev–Trinajstić information content (AvgIpc) is 2.43. The van der Waals surface area contributed by atoms with Crippen LogP contribution in [-0.2, 0) is 16.1 Å². The van der Waals surface area contributed by atoms with E-state index in [1.54, 1.807) is 13.8 Å². The number of aliphatic carboxylic acids is 1. The van der Waals surface area contributed by atoms with Gasteiger partial charge in [0.2, 0.25) is 0 Å². The number of amides is 1. The van der Waals surface area contributed by atoms with Gasteiger partial charge in [-0.2, -0.15) is 0 Å². The van der Waals surface area contributed by atoms with Crippen molar-refractivity contribution in [2.75, 3.05) is 0 Å². The molecule has 0 saturated heterocycles. The van der Waals surface area contributed by atoms with Crippen molar-refractivity contribution in [3.8, 4) is 0 Å². The normalized spacial score (nSPS) is 12.3. The maximum atomic E-state index is 11.7. The fourth-order valence-electron chi connectivity index (χ4n) is 1.57. The summed E-state index contributed by atoms with van der Waals surface area (Å²) in [5.41, 5.74) is 0.0509. The van der Waals surface area contributed by atoms with E-state index in [-0.39, 0.29) is 6.61 Å². The molecule has 1 rings (SSSR count). The third kappa shape index (κ3) is 4.42. The molecule has 0 fully saturated rings. The minimum Gasteiger partial charge on any atom is -0.480 e. The van der Waals surface area contributed by atoms with Crippen molar-refractivity contribution >= 4 is 12.1 Å². The largest absolute Gasteiger partial charge is 0.480 e. The second kappa shape index (κ2) is 6.75. The van der Waals surface area contributed by atoms with Gasteiger partial charge in [-0.15, -0.1) is 6.58 Å². The van der Waals surface area contributed by atoms with Gasteiger partial charge in [-0.05, 0) is 5.56 Å². The van der Waals surface area contributed by atoms with Crippen LogP contribution < -0.4 is 5.32 Å². The van der Waals surface area contributed by atoms with Gasteiger partial charge < -0.3 is 15.2 Å². The highest BCUT2D eigenvalue weighted by Crippen LogP contribution is 2.22. The highest BCUT2D eigenvalue weighted by Gasteiger charge is 2.34. The zero-order chi connectivity index (χ0) is 15.2. The van der Waals surface area contributed by atoms with E-state index in [4.69, 9.17) is 9.84 Å². The lowest BCUT2D eigenvalue weighted by Gasteiger charge is -2.28. The van der Waals surface area contributed by atoms with Crippen LogP contribution in [0.1, 0.15) is 19.4 Å². The number of carboxylic acids is 1. The third-order valence-corrected chi connectivity index (χ3v) is 2.99. The van der Waals surface area contributed by atoms with E-state index < -0.39 is 23.5 Å². The first-order chi connectivity index (χ1) is 9.36. The van der Waals surface area contributed by atoms with Crippen LogP contribution in [-0.4, -0.2) is 23.2 Å². The van der Waals surface area contributed by atoms with Crippen LogP contribution in [0.25, 0.3) is 0 Å². The molecule has 0 radical (unpaired) electrons. The molecule has 0 saturated carbocycles. The van der Waals surface area contributed by atoms with E-state index in [0.29, 0.717) is 0 Å². The molecule has 1 atom stereocenters. The number of nitrogens with one attached hydrogen (secondary N) is 1. The van der Waals surface area contributed by atoms with Crippen LogP contribution in [0.15, 0.2) is 43.0 Å². The van der Waals surface area contributed by atoms with Crippen molar-refractivity contribution in [1.82, 2.24) is 5.32 Å². The van der Waals surface area contributed by atoms with Crippen LogP contribution in [0.2, 0.25) is 0 Å². The maximum absolute atomic E-state index is 11.7. The van der Waals surface area contributed by atoms with Crippen LogP contribution in [0.3, 0.4) is 0 Å². The van der Waals surface area contributed by atoms with E-state index in [0.717, 1.165) is 5.56 Å². The predicted octanol–water partition coefficient (Wildman–Crippen LogP) is 2.58. The Labute approximate surface area is 118 Å². The molecule has 20 heavy (non-hydrogen) atoms. The Balaban J connectivity index is 2.59. The van der Waals surface area contributed by atoms with E-state index in [2.05, 4.69) is 11.9 Å². The molecule has 0 aliphatic rings.